The van der Waals surface area contributed by atoms with Crippen LogP contribution in [0.2, 0.25) is 0 Å². The fourth-order valence-electron chi connectivity index (χ4n) is 2.22. The van der Waals surface area contributed by atoms with Crippen LogP contribution in [0.5, 0.6) is 17.2 Å². The first-order chi connectivity index (χ1) is 13.5. The minimum atomic E-state index is -0.586. The maximum atomic E-state index is 11.9. The van der Waals surface area contributed by atoms with Gasteiger partial charge < -0.3 is 25.3 Å². The SMILES string of the molecule is COc1ccccc1NCC(=O)N/N=C/c1ccc(OCC(N)=O)c(OC)c1. The van der Waals surface area contributed by atoms with Gasteiger partial charge in [-0.1, -0.05) is 12.1 Å². The molecule has 0 aromatic heterocycles. The number of hydrogen-bond donors (Lipinski definition) is 3. The van der Waals surface area contributed by atoms with Gasteiger partial charge in [-0.3, -0.25) is 9.59 Å². The minimum Gasteiger partial charge on any atom is -0.495 e. The Hall–Kier alpha value is -3.75. The monoisotopic (exact) mass is 386 g/mol. The summed E-state index contributed by atoms with van der Waals surface area (Å²) in [7, 11) is 3.03. The fourth-order valence-corrected chi connectivity index (χ4v) is 2.22. The van der Waals surface area contributed by atoms with Gasteiger partial charge in [-0.25, -0.2) is 5.43 Å². The van der Waals surface area contributed by atoms with Crippen LogP contribution in [0.3, 0.4) is 0 Å². The van der Waals surface area contributed by atoms with Gasteiger partial charge in [0.15, 0.2) is 18.1 Å². The number of primary amides is 1. The minimum absolute atomic E-state index is 0.0287. The number of methoxy groups -OCH3 is 2. The largest absolute Gasteiger partial charge is 0.495 e. The molecule has 0 saturated carbocycles. The second-order valence-electron chi connectivity index (χ2n) is 5.51. The molecule has 0 saturated heterocycles. The number of nitrogens with zero attached hydrogens (tertiary/aromatic N) is 1. The Morgan fingerprint density at radius 3 is 2.54 bits per heavy atom. The predicted octanol–water partition coefficient (Wildman–Crippen LogP) is 1.13. The van der Waals surface area contributed by atoms with E-state index in [-0.39, 0.29) is 19.1 Å². The lowest BCUT2D eigenvalue weighted by Gasteiger charge is -2.10. The number of nitrogens with two attached hydrogens (primary N) is 1. The average molecular weight is 386 g/mol. The number of carbonyl (C=O) groups excluding carboxylic acids is 2. The van der Waals surface area contributed by atoms with Crippen LogP contribution in [0.4, 0.5) is 5.69 Å². The molecule has 0 spiro atoms. The highest BCUT2D eigenvalue weighted by Crippen LogP contribution is 2.27. The Morgan fingerprint density at radius 2 is 1.82 bits per heavy atom. The van der Waals surface area contributed by atoms with E-state index in [4.69, 9.17) is 19.9 Å². The number of amides is 2. The molecule has 0 fully saturated rings. The molecule has 0 bridgehead atoms. The van der Waals surface area contributed by atoms with Crippen LogP contribution >= 0.6 is 0 Å². The van der Waals surface area contributed by atoms with Crippen LogP contribution in [-0.2, 0) is 9.59 Å². The normalized spacial score (nSPS) is 10.4. The van der Waals surface area contributed by atoms with Gasteiger partial charge in [-0.15, -0.1) is 0 Å². The van der Waals surface area contributed by atoms with Crippen molar-refractivity contribution >= 4 is 23.7 Å². The summed E-state index contributed by atoms with van der Waals surface area (Å²) < 4.78 is 15.7. The molecule has 0 unspecified atom stereocenters. The van der Waals surface area contributed by atoms with Crippen LogP contribution in [0.15, 0.2) is 47.6 Å². The summed E-state index contributed by atoms with van der Waals surface area (Å²) in [6.07, 6.45) is 1.46. The Bertz CT molecular complexity index is 854. The highest BCUT2D eigenvalue weighted by atomic mass is 16.5. The van der Waals surface area contributed by atoms with Crippen LogP contribution in [0.1, 0.15) is 5.56 Å². The zero-order chi connectivity index (χ0) is 20.4. The Kier molecular flexibility index (Phi) is 7.64. The molecule has 2 amide bonds. The number of para-hydroxylation sites is 2. The number of hydrazone groups is 1. The van der Waals surface area contributed by atoms with Crippen molar-refractivity contribution in [2.45, 2.75) is 0 Å². The third-order valence-electron chi connectivity index (χ3n) is 3.51. The Labute approximate surface area is 162 Å². The summed E-state index contributed by atoms with van der Waals surface area (Å²) in [5.74, 6) is 0.523. The van der Waals surface area contributed by atoms with Gasteiger partial charge in [0.2, 0.25) is 0 Å². The van der Waals surface area contributed by atoms with Gasteiger partial charge in [0, 0.05) is 0 Å². The molecule has 148 valence electrons. The van der Waals surface area contributed by atoms with E-state index in [2.05, 4.69) is 15.8 Å². The first kappa shape index (κ1) is 20.6. The van der Waals surface area contributed by atoms with E-state index in [9.17, 15) is 9.59 Å². The van der Waals surface area contributed by atoms with E-state index < -0.39 is 5.91 Å². The first-order valence-electron chi connectivity index (χ1n) is 8.31. The van der Waals surface area contributed by atoms with Crippen molar-refractivity contribution in [3.8, 4) is 17.2 Å². The molecule has 9 heteroatoms. The number of ether oxygens (including phenoxy) is 3. The number of carbonyl (C=O) groups is 2. The molecular formula is C19H22N4O5. The van der Waals surface area contributed by atoms with Gasteiger partial charge in [-0.2, -0.15) is 5.10 Å². The van der Waals surface area contributed by atoms with Crippen molar-refractivity contribution in [3.05, 3.63) is 48.0 Å². The fraction of sp³-hybridized carbons (Fsp3) is 0.211. The smallest absolute Gasteiger partial charge is 0.259 e. The molecule has 2 rings (SSSR count). The lowest BCUT2D eigenvalue weighted by molar-refractivity contribution is -0.120. The highest BCUT2D eigenvalue weighted by molar-refractivity contribution is 5.85. The summed E-state index contributed by atoms with van der Waals surface area (Å²) in [5, 5.41) is 6.89. The molecule has 2 aromatic rings. The summed E-state index contributed by atoms with van der Waals surface area (Å²) in [6.45, 7) is -0.222. The number of rotatable bonds is 10. The van der Waals surface area contributed by atoms with E-state index in [0.29, 0.717) is 28.5 Å². The topological polar surface area (TPSA) is 124 Å². The van der Waals surface area contributed by atoms with Crippen molar-refractivity contribution in [1.82, 2.24) is 5.43 Å². The molecule has 9 nitrogen and oxygen atoms in total. The highest BCUT2D eigenvalue weighted by Gasteiger charge is 2.07. The van der Waals surface area contributed by atoms with Crippen molar-refractivity contribution in [2.24, 2.45) is 10.8 Å². The molecule has 2 aromatic carbocycles. The average Bonchev–Trinajstić information content (AvgIpc) is 2.71. The van der Waals surface area contributed by atoms with Crippen molar-refractivity contribution in [1.29, 1.82) is 0 Å². The zero-order valence-corrected chi connectivity index (χ0v) is 15.6. The summed E-state index contributed by atoms with van der Waals surface area (Å²) >= 11 is 0. The summed E-state index contributed by atoms with van der Waals surface area (Å²) in [5.41, 5.74) is 8.86. The molecular weight excluding hydrogens is 364 g/mol. The van der Waals surface area contributed by atoms with Gasteiger partial charge in [0.05, 0.1) is 32.7 Å². The third-order valence-corrected chi connectivity index (χ3v) is 3.51. The van der Waals surface area contributed by atoms with E-state index in [1.54, 1.807) is 31.4 Å². The summed E-state index contributed by atoms with van der Waals surface area (Å²) in [4.78, 5) is 22.7. The van der Waals surface area contributed by atoms with Crippen molar-refractivity contribution < 1.29 is 23.8 Å². The Morgan fingerprint density at radius 1 is 1.07 bits per heavy atom. The van der Waals surface area contributed by atoms with Crippen molar-refractivity contribution in [3.63, 3.8) is 0 Å². The van der Waals surface area contributed by atoms with Crippen LogP contribution in [0.25, 0.3) is 0 Å². The zero-order valence-electron chi connectivity index (χ0n) is 15.6. The quantitative estimate of drug-likeness (QED) is 0.415. The molecule has 4 N–H and O–H groups in total. The lowest BCUT2D eigenvalue weighted by Crippen LogP contribution is -2.26. The second kappa shape index (κ2) is 10.4. The number of nitrogens with one attached hydrogen (secondary N) is 2. The van der Waals surface area contributed by atoms with Gasteiger partial charge >= 0.3 is 0 Å². The summed E-state index contributed by atoms with van der Waals surface area (Å²) in [6, 6.07) is 12.2. The first-order valence-corrected chi connectivity index (χ1v) is 8.31. The third kappa shape index (κ3) is 6.20. The standard InChI is InChI=1S/C19H22N4O5/c1-26-15-6-4-3-5-14(15)21-11-19(25)23-22-10-13-7-8-16(17(9-13)27-2)28-12-18(20)24/h3-10,21H,11-12H2,1-2H3,(H2,20,24)(H,23,25)/b22-10+. The van der Waals surface area contributed by atoms with E-state index >= 15 is 0 Å². The van der Waals surface area contributed by atoms with Gasteiger partial charge in [0.1, 0.15) is 5.75 Å². The molecule has 0 aliphatic heterocycles. The second-order valence-corrected chi connectivity index (χ2v) is 5.51. The molecule has 0 radical (unpaired) electrons. The van der Waals surface area contributed by atoms with Gasteiger partial charge in [-0.05, 0) is 35.9 Å². The predicted molar refractivity (Wildman–Crippen MR) is 105 cm³/mol. The molecule has 0 aliphatic carbocycles. The lowest BCUT2D eigenvalue weighted by atomic mass is 10.2. The molecule has 0 aliphatic rings. The van der Waals surface area contributed by atoms with E-state index in [1.165, 1.54) is 13.3 Å². The maximum Gasteiger partial charge on any atom is 0.259 e. The van der Waals surface area contributed by atoms with Crippen LogP contribution in [-0.4, -0.2) is 45.4 Å². The number of hydrogen-bond acceptors (Lipinski definition) is 7. The molecule has 0 atom stereocenters. The Balaban J connectivity index is 1.89. The van der Waals surface area contributed by atoms with Crippen molar-refractivity contribution in [2.75, 3.05) is 32.7 Å². The number of anilines is 1. The number of benzene rings is 2. The maximum absolute atomic E-state index is 11.9. The van der Waals surface area contributed by atoms with Crippen LogP contribution < -0.4 is 30.7 Å². The molecule has 28 heavy (non-hydrogen) atoms. The molecule has 0 heterocycles. The van der Waals surface area contributed by atoms with Gasteiger partial charge in [0.25, 0.3) is 11.8 Å². The van der Waals surface area contributed by atoms with E-state index in [1.807, 2.05) is 18.2 Å². The van der Waals surface area contributed by atoms with E-state index in [0.717, 1.165) is 0 Å². The van der Waals surface area contributed by atoms with Crippen LogP contribution in [0, 0.1) is 0 Å².